The van der Waals surface area contributed by atoms with Crippen LogP contribution in [-0.2, 0) is 4.74 Å². The Balaban J connectivity index is 1.88. The van der Waals surface area contributed by atoms with Crippen molar-refractivity contribution in [3.05, 3.63) is 35.6 Å². The van der Waals surface area contributed by atoms with Crippen molar-refractivity contribution in [2.45, 2.75) is 38.0 Å². The molecule has 1 saturated heterocycles. The second kappa shape index (κ2) is 7.16. The van der Waals surface area contributed by atoms with Crippen molar-refractivity contribution in [3.63, 3.8) is 0 Å². The highest BCUT2D eigenvalue weighted by atomic mass is 19.1. The van der Waals surface area contributed by atoms with E-state index in [4.69, 9.17) is 4.74 Å². The van der Waals surface area contributed by atoms with E-state index in [0.29, 0.717) is 12.1 Å². The zero-order valence-electron chi connectivity index (χ0n) is 12.6. The summed E-state index contributed by atoms with van der Waals surface area (Å²) in [6, 6.07) is 7.54. The van der Waals surface area contributed by atoms with Crippen molar-refractivity contribution in [1.82, 2.24) is 10.2 Å². The minimum atomic E-state index is -0.183. The van der Waals surface area contributed by atoms with Crippen LogP contribution >= 0.6 is 0 Å². The fraction of sp³-hybridized carbons (Fsp3) is 0.625. The van der Waals surface area contributed by atoms with Gasteiger partial charge >= 0.3 is 0 Å². The maximum atomic E-state index is 13.0. The molecule has 1 heterocycles. The predicted molar refractivity (Wildman–Crippen MR) is 79.3 cm³/mol. The molecule has 0 amide bonds. The number of likely N-dealkylation sites (N-methyl/N-ethyl adjacent to an activating group) is 1. The number of rotatable bonds is 6. The zero-order chi connectivity index (χ0) is 14.5. The third-order valence-electron chi connectivity index (χ3n) is 4.29. The third-order valence-corrected chi connectivity index (χ3v) is 4.29. The van der Waals surface area contributed by atoms with E-state index in [0.717, 1.165) is 31.6 Å². The van der Waals surface area contributed by atoms with Crippen LogP contribution in [0.1, 0.15) is 31.4 Å². The highest BCUT2D eigenvalue weighted by molar-refractivity contribution is 5.19. The summed E-state index contributed by atoms with van der Waals surface area (Å²) < 4.78 is 18.6. The maximum absolute atomic E-state index is 13.0. The molecule has 3 unspecified atom stereocenters. The Morgan fingerprint density at radius 1 is 1.40 bits per heavy atom. The molecular formula is C16H25FN2O. The molecule has 3 nitrogen and oxygen atoms in total. The average Bonchev–Trinajstić information content (AvgIpc) is 2.87. The molecule has 1 fully saturated rings. The van der Waals surface area contributed by atoms with Gasteiger partial charge in [-0.05, 0) is 51.6 Å². The van der Waals surface area contributed by atoms with E-state index in [9.17, 15) is 4.39 Å². The SMILES string of the molecule is CNC(CCN(C)C1CCOC1C)c1ccc(F)cc1. The zero-order valence-corrected chi connectivity index (χ0v) is 12.6. The molecule has 20 heavy (non-hydrogen) atoms. The van der Waals surface area contributed by atoms with Crippen molar-refractivity contribution in [1.29, 1.82) is 0 Å². The van der Waals surface area contributed by atoms with Gasteiger partial charge in [0.05, 0.1) is 6.10 Å². The highest BCUT2D eigenvalue weighted by Gasteiger charge is 2.27. The summed E-state index contributed by atoms with van der Waals surface area (Å²) in [5.41, 5.74) is 1.14. The Kier molecular flexibility index (Phi) is 5.52. The van der Waals surface area contributed by atoms with Gasteiger partial charge in [0.25, 0.3) is 0 Å². The number of halogens is 1. The molecule has 0 aliphatic carbocycles. The van der Waals surface area contributed by atoms with Crippen LogP contribution in [0.25, 0.3) is 0 Å². The van der Waals surface area contributed by atoms with Gasteiger partial charge < -0.3 is 15.0 Å². The highest BCUT2D eigenvalue weighted by Crippen LogP contribution is 2.21. The molecule has 1 aromatic rings. The fourth-order valence-electron chi connectivity index (χ4n) is 2.97. The van der Waals surface area contributed by atoms with E-state index in [-0.39, 0.29) is 11.9 Å². The van der Waals surface area contributed by atoms with E-state index in [2.05, 4.69) is 24.2 Å². The van der Waals surface area contributed by atoms with Crippen LogP contribution in [0.2, 0.25) is 0 Å². The number of benzene rings is 1. The lowest BCUT2D eigenvalue weighted by Gasteiger charge is -2.28. The van der Waals surface area contributed by atoms with Gasteiger partial charge in [0.15, 0.2) is 0 Å². The van der Waals surface area contributed by atoms with E-state index in [1.807, 2.05) is 19.2 Å². The summed E-state index contributed by atoms with van der Waals surface area (Å²) in [5.74, 6) is -0.183. The summed E-state index contributed by atoms with van der Waals surface area (Å²) in [7, 11) is 4.11. The summed E-state index contributed by atoms with van der Waals surface area (Å²) >= 11 is 0. The van der Waals surface area contributed by atoms with Crippen LogP contribution in [0.3, 0.4) is 0 Å². The quantitative estimate of drug-likeness (QED) is 0.867. The van der Waals surface area contributed by atoms with E-state index in [1.165, 1.54) is 12.1 Å². The van der Waals surface area contributed by atoms with E-state index < -0.39 is 0 Å². The van der Waals surface area contributed by atoms with Crippen LogP contribution in [0, 0.1) is 5.82 Å². The third kappa shape index (κ3) is 3.78. The van der Waals surface area contributed by atoms with Gasteiger partial charge in [-0.15, -0.1) is 0 Å². The number of hydrogen-bond donors (Lipinski definition) is 1. The van der Waals surface area contributed by atoms with Crippen LogP contribution in [0.5, 0.6) is 0 Å². The lowest BCUT2D eigenvalue weighted by Crippen LogP contribution is -2.38. The van der Waals surface area contributed by atoms with Gasteiger partial charge in [0.2, 0.25) is 0 Å². The Morgan fingerprint density at radius 3 is 2.65 bits per heavy atom. The summed E-state index contributed by atoms with van der Waals surface area (Å²) in [6.07, 6.45) is 2.43. The summed E-state index contributed by atoms with van der Waals surface area (Å²) in [4.78, 5) is 2.38. The fourth-order valence-corrected chi connectivity index (χ4v) is 2.97. The Morgan fingerprint density at radius 2 is 2.10 bits per heavy atom. The molecule has 0 spiro atoms. The molecule has 1 aromatic carbocycles. The van der Waals surface area contributed by atoms with Crippen LogP contribution in [0.15, 0.2) is 24.3 Å². The molecule has 1 aliphatic heterocycles. The Hall–Kier alpha value is -0.970. The molecule has 3 atom stereocenters. The van der Waals surface area contributed by atoms with Gasteiger partial charge in [0, 0.05) is 25.2 Å². The molecule has 1 N–H and O–H groups in total. The molecule has 2 rings (SSSR count). The van der Waals surface area contributed by atoms with Gasteiger partial charge in [0.1, 0.15) is 5.82 Å². The predicted octanol–water partition coefficient (Wildman–Crippen LogP) is 2.59. The second-order valence-electron chi connectivity index (χ2n) is 5.59. The molecule has 1 aliphatic rings. The molecular weight excluding hydrogens is 255 g/mol. The minimum Gasteiger partial charge on any atom is -0.377 e. The largest absolute Gasteiger partial charge is 0.377 e. The molecule has 0 aromatic heterocycles. The van der Waals surface area contributed by atoms with Crippen molar-refractivity contribution in [2.24, 2.45) is 0 Å². The first-order chi connectivity index (χ1) is 9.61. The molecule has 4 heteroatoms. The van der Waals surface area contributed by atoms with Gasteiger partial charge in [-0.3, -0.25) is 0 Å². The van der Waals surface area contributed by atoms with E-state index in [1.54, 1.807) is 0 Å². The molecule has 0 saturated carbocycles. The Labute approximate surface area is 121 Å². The number of nitrogens with one attached hydrogen (secondary N) is 1. The van der Waals surface area contributed by atoms with Gasteiger partial charge in [-0.25, -0.2) is 4.39 Å². The Bertz CT molecular complexity index is 409. The summed E-state index contributed by atoms with van der Waals surface area (Å²) in [5, 5.41) is 3.31. The van der Waals surface area contributed by atoms with Crippen LogP contribution < -0.4 is 5.32 Å². The monoisotopic (exact) mass is 280 g/mol. The summed E-state index contributed by atoms with van der Waals surface area (Å²) in [6.45, 7) is 4.01. The second-order valence-corrected chi connectivity index (χ2v) is 5.59. The average molecular weight is 280 g/mol. The molecule has 0 radical (unpaired) electrons. The number of ether oxygens (including phenoxy) is 1. The minimum absolute atomic E-state index is 0.183. The van der Waals surface area contributed by atoms with E-state index >= 15 is 0 Å². The number of nitrogens with zero attached hydrogens (tertiary/aromatic N) is 1. The van der Waals surface area contributed by atoms with Gasteiger partial charge in [-0.2, -0.15) is 0 Å². The number of hydrogen-bond acceptors (Lipinski definition) is 3. The normalized spacial score (nSPS) is 24.2. The van der Waals surface area contributed by atoms with Crippen LogP contribution in [0.4, 0.5) is 4.39 Å². The maximum Gasteiger partial charge on any atom is 0.123 e. The first-order valence-electron chi connectivity index (χ1n) is 7.36. The van der Waals surface area contributed by atoms with Crippen molar-refractivity contribution in [3.8, 4) is 0 Å². The molecule has 0 bridgehead atoms. The lowest BCUT2D eigenvalue weighted by molar-refractivity contribution is 0.0824. The topological polar surface area (TPSA) is 24.5 Å². The van der Waals surface area contributed by atoms with Crippen molar-refractivity contribution in [2.75, 3.05) is 27.2 Å². The first kappa shape index (κ1) is 15.4. The standard InChI is InChI=1S/C16H25FN2O/c1-12-16(9-11-20-12)19(3)10-8-15(18-2)13-4-6-14(17)7-5-13/h4-7,12,15-16,18H,8-11H2,1-3H3. The lowest BCUT2D eigenvalue weighted by atomic mass is 10.0. The first-order valence-corrected chi connectivity index (χ1v) is 7.36. The smallest absolute Gasteiger partial charge is 0.123 e. The molecule has 112 valence electrons. The van der Waals surface area contributed by atoms with Crippen molar-refractivity contribution < 1.29 is 9.13 Å². The van der Waals surface area contributed by atoms with Crippen molar-refractivity contribution >= 4 is 0 Å². The van der Waals surface area contributed by atoms with Gasteiger partial charge in [-0.1, -0.05) is 12.1 Å². The van der Waals surface area contributed by atoms with Crippen LogP contribution in [-0.4, -0.2) is 44.3 Å².